The molecule has 0 unspecified atom stereocenters. The van der Waals surface area contributed by atoms with Gasteiger partial charge in [0.2, 0.25) is 0 Å². The molecule has 5 nitrogen and oxygen atoms in total. The molecule has 1 aliphatic carbocycles. The second-order valence-electron chi connectivity index (χ2n) is 14.4. The zero-order chi connectivity index (χ0) is 35.3. The van der Waals surface area contributed by atoms with Crippen molar-refractivity contribution in [3.63, 3.8) is 0 Å². The lowest BCUT2D eigenvalue weighted by Crippen LogP contribution is -2.14. The zero-order valence-corrected chi connectivity index (χ0v) is 29.2. The fraction of sp³-hybridized carbons (Fsp3) is 0.0625. The average Bonchev–Trinajstić information content (AvgIpc) is 3.84. The molecule has 3 heterocycles. The summed E-state index contributed by atoms with van der Waals surface area (Å²) >= 11 is 0. The summed E-state index contributed by atoms with van der Waals surface area (Å²) in [4.78, 5) is 15.0. The van der Waals surface area contributed by atoms with Crippen molar-refractivity contribution in [2.75, 3.05) is 0 Å². The van der Waals surface area contributed by atoms with Crippen molar-refractivity contribution in [2.45, 2.75) is 19.3 Å². The van der Waals surface area contributed by atoms with Crippen LogP contribution < -0.4 is 0 Å². The number of hydrogen-bond acceptors (Lipinski definition) is 4. The van der Waals surface area contributed by atoms with Crippen LogP contribution in [-0.2, 0) is 5.41 Å². The van der Waals surface area contributed by atoms with Crippen LogP contribution in [0.3, 0.4) is 0 Å². The third kappa shape index (κ3) is 4.28. The van der Waals surface area contributed by atoms with E-state index >= 15 is 0 Å². The van der Waals surface area contributed by atoms with Crippen molar-refractivity contribution in [3.05, 3.63) is 169 Å². The van der Waals surface area contributed by atoms with Crippen molar-refractivity contribution < 1.29 is 4.42 Å². The number of benzene rings is 7. The first-order valence-corrected chi connectivity index (χ1v) is 18.0. The summed E-state index contributed by atoms with van der Waals surface area (Å²) in [5.41, 5.74) is 12.7. The number of aromatic nitrogens is 4. The first-order valence-electron chi connectivity index (χ1n) is 18.0. The van der Waals surface area contributed by atoms with Crippen LogP contribution in [0, 0.1) is 0 Å². The predicted octanol–water partition coefficient (Wildman–Crippen LogP) is 12.2. The van der Waals surface area contributed by atoms with Crippen LogP contribution in [-0.4, -0.2) is 19.5 Å². The fourth-order valence-electron chi connectivity index (χ4n) is 8.58. The van der Waals surface area contributed by atoms with Gasteiger partial charge in [-0.1, -0.05) is 153 Å². The van der Waals surface area contributed by atoms with Crippen molar-refractivity contribution in [2.24, 2.45) is 0 Å². The molecule has 0 atom stereocenters. The Hall–Kier alpha value is -6.85. The van der Waals surface area contributed by atoms with Crippen molar-refractivity contribution >= 4 is 43.7 Å². The minimum atomic E-state index is -0.122. The molecule has 11 rings (SSSR count). The number of fused-ring (bicyclic) bond motifs is 10. The summed E-state index contributed by atoms with van der Waals surface area (Å²) in [5, 5.41) is 4.50. The number of para-hydroxylation sites is 3. The lowest BCUT2D eigenvalue weighted by atomic mass is 9.82. The van der Waals surface area contributed by atoms with Crippen LogP contribution in [0.25, 0.3) is 94.7 Å². The van der Waals surface area contributed by atoms with Crippen LogP contribution in [0.5, 0.6) is 0 Å². The highest BCUT2D eigenvalue weighted by molar-refractivity contribution is 6.18. The zero-order valence-electron chi connectivity index (χ0n) is 29.2. The van der Waals surface area contributed by atoms with E-state index in [0.29, 0.717) is 17.5 Å². The predicted molar refractivity (Wildman–Crippen MR) is 215 cm³/mol. The van der Waals surface area contributed by atoms with Gasteiger partial charge in [-0.2, -0.15) is 0 Å². The Morgan fingerprint density at radius 2 is 1.04 bits per heavy atom. The highest BCUT2D eigenvalue weighted by Crippen LogP contribution is 2.53. The lowest BCUT2D eigenvalue weighted by Gasteiger charge is -2.21. The van der Waals surface area contributed by atoms with Crippen molar-refractivity contribution in [1.82, 2.24) is 19.5 Å². The normalized spacial score (nSPS) is 13.2. The van der Waals surface area contributed by atoms with Gasteiger partial charge in [0.25, 0.3) is 0 Å². The summed E-state index contributed by atoms with van der Waals surface area (Å²) in [6, 6.07) is 55.1. The van der Waals surface area contributed by atoms with Gasteiger partial charge in [0.05, 0.1) is 22.3 Å². The van der Waals surface area contributed by atoms with Gasteiger partial charge in [-0.05, 0) is 34.9 Å². The third-order valence-electron chi connectivity index (χ3n) is 11.1. The molecule has 5 heteroatoms. The van der Waals surface area contributed by atoms with Crippen LogP contribution >= 0.6 is 0 Å². The molecule has 0 amide bonds. The van der Waals surface area contributed by atoms with Crippen LogP contribution in [0.2, 0.25) is 0 Å². The number of nitrogens with zero attached hydrogens (tertiary/aromatic N) is 4. The molecular formula is C48H32N4O. The molecule has 1 aliphatic rings. The maximum absolute atomic E-state index is 7.09. The fourth-order valence-corrected chi connectivity index (χ4v) is 8.58. The van der Waals surface area contributed by atoms with E-state index in [9.17, 15) is 0 Å². The molecule has 0 bridgehead atoms. The quantitative estimate of drug-likeness (QED) is 0.186. The summed E-state index contributed by atoms with van der Waals surface area (Å²) < 4.78 is 9.52. The topological polar surface area (TPSA) is 56.7 Å². The summed E-state index contributed by atoms with van der Waals surface area (Å²) in [5.74, 6) is 1.80. The molecule has 7 aromatic carbocycles. The number of rotatable bonds is 4. The second-order valence-corrected chi connectivity index (χ2v) is 14.4. The Morgan fingerprint density at radius 3 is 1.79 bits per heavy atom. The van der Waals surface area contributed by atoms with Crippen LogP contribution in [0.1, 0.15) is 25.0 Å². The van der Waals surface area contributed by atoms with Crippen molar-refractivity contribution in [3.8, 4) is 51.0 Å². The molecule has 3 aromatic heterocycles. The molecule has 0 radical (unpaired) electrons. The van der Waals surface area contributed by atoms with E-state index in [0.717, 1.165) is 49.8 Å². The number of furan rings is 1. The highest BCUT2D eigenvalue weighted by Gasteiger charge is 2.37. The minimum Gasteiger partial charge on any atom is -0.453 e. The van der Waals surface area contributed by atoms with Gasteiger partial charge in [-0.15, -0.1) is 0 Å². The van der Waals surface area contributed by atoms with Gasteiger partial charge >= 0.3 is 0 Å². The Balaban J connectivity index is 1.20. The highest BCUT2D eigenvalue weighted by atomic mass is 16.3. The Kier molecular flexibility index (Phi) is 6.23. The average molecular weight is 681 g/mol. The minimum absolute atomic E-state index is 0.122. The molecule has 0 aliphatic heterocycles. The van der Waals surface area contributed by atoms with E-state index in [-0.39, 0.29) is 5.41 Å². The molecule has 0 saturated carbocycles. The monoisotopic (exact) mass is 680 g/mol. The first kappa shape index (κ1) is 29.8. The Labute approximate surface area is 305 Å². The molecule has 0 spiro atoms. The molecule has 10 aromatic rings. The van der Waals surface area contributed by atoms with Gasteiger partial charge in [0.15, 0.2) is 23.1 Å². The second kappa shape index (κ2) is 11.1. The third-order valence-corrected chi connectivity index (χ3v) is 11.1. The largest absolute Gasteiger partial charge is 0.453 e. The molecular weight excluding hydrogens is 649 g/mol. The maximum atomic E-state index is 7.09. The summed E-state index contributed by atoms with van der Waals surface area (Å²) in [6.45, 7) is 4.68. The van der Waals surface area contributed by atoms with E-state index in [4.69, 9.17) is 19.4 Å². The molecule has 250 valence electrons. The van der Waals surface area contributed by atoms with E-state index < -0.39 is 0 Å². The molecule has 0 saturated heterocycles. The smallest absolute Gasteiger partial charge is 0.167 e. The van der Waals surface area contributed by atoms with Gasteiger partial charge in [-0.25, -0.2) is 15.0 Å². The van der Waals surface area contributed by atoms with E-state index in [1.807, 2.05) is 60.7 Å². The number of hydrogen-bond donors (Lipinski definition) is 0. The summed E-state index contributed by atoms with van der Waals surface area (Å²) in [6.07, 6.45) is 0. The van der Waals surface area contributed by atoms with E-state index in [1.165, 1.54) is 38.5 Å². The molecule has 53 heavy (non-hydrogen) atoms. The maximum Gasteiger partial charge on any atom is 0.167 e. The summed E-state index contributed by atoms with van der Waals surface area (Å²) in [7, 11) is 0. The van der Waals surface area contributed by atoms with Gasteiger partial charge in [-0.3, -0.25) is 0 Å². The first-order chi connectivity index (χ1) is 26.1. The van der Waals surface area contributed by atoms with Crippen LogP contribution in [0.15, 0.2) is 162 Å². The standard InChI is InChI=1S/C48H32N4O/c1-48(2)37-24-11-9-20-35(37)41-38(48)28-27-32-31-19-10-12-25-39(31)52(42(32)41)40-26-14-22-34-33-21-13-23-36(43(33)53-44(34)40)47-50-45(29-15-5-3-6-16-29)49-46(51-47)30-17-7-4-8-18-30/h3-28H,1-2H3. The lowest BCUT2D eigenvalue weighted by molar-refractivity contribution is 0.660. The molecule has 0 fully saturated rings. The van der Waals surface area contributed by atoms with Crippen molar-refractivity contribution in [1.29, 1.82) is 0 Å². The van der Waals surface area contributed by atoms with E-state index in [1.54, 1.807) is 0 Å². The van der Waals surface area contributed by atoms with E-state index in [2.05, 4.69) is 115 Å². The van der Waals surface area contributed by atoms with Crippen LogP contribution in [0.4, 0.5) is 0 Å². The Morgan fingerprint density at radius 1 is 0.453 bits per heavy atom. The van der Waals surface area contributed by atoms with Gasteiger partial charge < -0.3 is 8.98 Å². The van der Waals surface area contributed by atoms with Gasteiger partial charge in [0, 0.05) is 43.7 Å². The molecule has 0 N–H and O–H groups in total. The Bertz CT molecular complexity index is 3020. The van der Waals surface area contributed by atoms with Gasteiger partial charge in [0.1, 0.15) is 5.58 Å². The SMILES string of the molecule is CC1(C)c2ccccc2-c2c1ccc1c3ccccc3n(-c3cccc4c3oc3c(-c5nc(-c6ccccc6)nc(-c6ccccc6)n5)cccc34)c21.